The number of amides is 2. The summed E-state index contributed by atoms with van der Waals surface area (Å²) in [6, 6.07) is 8.70. The lowest BCUT2D eigenvalue weighted by Gasteiger charge is -2.18. The summed E-state index contributed by atoms with van der Waals surface area (Å²) in [4.78, 5) is 43.5. The number of fused-ring (bicyclic) bond motifs is 1. The van der Waals surface area contributed by atoms with Crippen molar-refractivity contribution in [2.45, 2.75) is 31.9 Å². The highest BCUT2D eigenvalue weighted by Crippen LogP contribution is 2.31. The van der Waals surface area contributed by atoms with Gasteiger partial charge in [-0.1, -0.05) is 6.07 Å². The summed E-state index contributed by atoms with van der Waals surface area (Å²) >= 11 is 0. The van der Waals surface area contributed by atoms with Crippen LogP contribution in [0.2, 0.25) is 0 Å². The zero-order valence-corrected chi connectivity index (χ0v) is 17.4. The molecule has 2 aromatic rings. The maximum absolute atomic E-state index is 12.9. The smallest absolute Gasteiger partial charge is 0.323 e. The summed E-state index contributed by atoms with van der Waals surface area (Å²) in [5.74, 6) is 0.106. The van der Waals surface area contributed by atoms with Crippen molar-refractivity contribution in [1.82, 2.24) is 9.88 Å². The summed E-state index contributed by atoms with van der Waals surface area (Å²) in [5.41, 5.74) is 1.80. The Morgan fingerprint density at radius 2 is 2.00 bits per heavy atom. The van der Waals surface area contributed by atoms with Gasteiger partial charge in [-0.05, 0) is 42.5 Å². The van der Waals surface area contributed by atoms with Gasteiger partial charge in [0.2, 0.25) is 5.88 Å². The number of anilines is 1. The Labute approximate surface area is 184 Å². The van der Waals surface area contributed by atoms with Crippen molar-refractivity contribution in [3.8, 4) is 11.6 Å². The molecule has 2 aliphatic heterocycles. The third-order valence-electron chi connectivity index (χ3n) is 5.92. The molecule has 3 heterocycles. The summed E-state index contributed by atoms with van der Waals surface area (Å²) < 4.78 is 11.5. The molecule has 9 heteroatoms. The second-order valence-corrected chi connectivity index (χ2v) is 8.37. The van der Waals surface area contributed by atoms with Crippen molar-refractivity contribution >= 4 is 23.5 Å². The second-order valence-electron chi connectivity index (χ2n) is 8.37. The molecule has 1 aromatic heterocycles. The van der Waals surface area contributed by atoms with Crippen LogP contribution in [0.15, 0.2) is 36.5 Å². The fourth-order valence-electron chi connectivity index (χ4n) is 4.00. The van der Waals surface area contributed by atoms with E-state index in [4.69, 9.17) is 14.6 Å². The zero-order valence-electron chi connectivity index (χ0n) is 17.4. The molecule has 5 rings (SSSR count). The predicted molar refractivity (Wildman–Crippen MR) is 113 cm³/mol. The van der Waals surface area contributed by atoms with Crippen molar-refractivity contribution < 1.29 is 29.0 Å². The van der Waals surface area contributed by atoms with E-state index in [-0.39, 0.29) is 24.9 Å². The van der Waals surface area contributed by atoms with Crippen LogP contribution in [0, 0.1) is 5.92 Å². The van der Waals surface area contributed by atoms with E-state index in [1.165, 1.54) is 17.7 Å². The normalized spacial score (nSPS) is 19.9. The Morgan fingerprint density at radius 3 is 2.72 bits per heavy atom. The second kappa shape index (κ2) is 8.14. The van der Waals surface area contributed by atoms with E-state index >= 15 is 0 Å². The van der Waals surface area contributed by atoms with Crippen LogP contribution in [0.4, 0.5) is 5.69 Å². The monoisotopic (exact) mass is 437 g/mol. The molecule has 32 heavy (non-hydrogen) atoms. The fraction of sp³-hybridized carbons (Fsp3) is 0.391. The van der Waals surface area contributed by atoms with Gasteiger partial charge in [0.15, 0.2) is 6.10 Å². The molecule has 0 bridgehead atoms. The number of carboxylic acids is 1. The first-order valence-corrected chi connectivity index (χ1v) is 10.7. The van der Waals surface area contributed by atoms with E-state index in [0.717, 1.165) is 5.56 Å². The Kier molecular flexibility index (Phi) is 5.16. The Bertz CT molecular complexity index is 1070. The van der Waals surface area contributed by atoms with Gasteiger partial charge in [0.1, 0.15) is 12.3 Å². The Morgan fingerprint density at radius 1 is 1.16 bits per heavy atom. The zero-order chi connectivity index (χ0) is 22.2. The summed E-state index contributed by atoms with van der Waals surface area (Å²) in [6.07, 6.45) is 3.85. The van der Waals surface area contributed by atoms with Crippen molar-refractivity contribution in [2.24, 2.45) is 5.92 Å². The molecule has 1 aliphatic carbocycles. The van der Waals surface area contributed by atoms with Crippen LogP contribution in [0.1, 0.15) is 35.2 Å². The van der Waals surface area contributed by atoms with Crippen LogP contribution in [0.5, 0.6) is 11.6 Å². The average molecular weight is 437 g/mol. The topological polar surface area (TPSA) is 109 Å². The molecule has 1 atom stereocenters. The van der Waals surface area contributed by atoms with Gasteiger partial charge in [0, 0.05) is 36.8 Å². The van der Waals surface area contributed by atoms with Crippen LogP contribution in [-0.2, 0) is 16.1 Å². The van der Waals surface area contributed by atoms with Crippen LogP contribution >= 0.6 is 0 Å². The lowest BCUT2D eigenvalue weighted by molar-refractivity contribution is -0.137. The third kappa shape index (κ3) is 4.10. The molecule has 1 N–H and O–H groups in total. The predicted octanol–water partition coefficient (Wildman–Crippen LogP) is 2.10. The Balaban J connectivity index is 1.23. The standard InChI is InChI=1S/C23H23N3O6/c27-21(28)12-25-11-15-3-4-16(9-18(15)22(25)29)26-8-7-19(23(26)30)32-17-5-6-20(24-10-17)31-13-14-1-2-14/h3-6,9-10,14,19H,1-2,7-8,11-13H2,(H,27,28). The van der Waals surface area contributed by atoms with Gasteiger partial charge in [0.05, 0.1) is 12.8 Å². The molecule has 2 fully saturated rings. The number of carbonyl (C=O) groups is 3. The van der Waals surface area contributed by atoms with Gasteiger partial charge in [0.25, 0.3) is 11.8 Å². The largest absolute Gasteiger partial charge is 0.480 e. The van der Waals surface area contributed by atoms with Crippen molar-refractivity contribution in [1.29, 1.82) is 0 Å². The lowest BCUT2D eigenvalue weighted by Crippen LogP contribution is -2.32. The van der Waals surface area contributed by atoms with Crippen molar-refractivity contribution in [3.63, 3.8) is 0 Å². The molecule has 2 amide bonds. The van der Waals surface area contributed by atoms with Crippen molar-refractivity contribution in [3.05, 3.63) is 47.7 Å². The third-order valence-corrected chi connectivity index (χ3v) is 5.92. The molecule has 1 saturated carbocycles. The number of hydrogen-bond acceptors (Lipinski definition) is 6. The van der Waals surface area contributed by atoms with Gasteiger partial charge < -0.3 is 24.4 Å². The maximum atomic E-state index is 12.9. The van der Waals surface area contributed by atoms with E-state index in [9.17, 15) is 14.4 Å². The molecule has 166 valence electrons. The quantitative estimate of drug-likeness (QED) is 0.673. The summed E-state index contributed by atoms with van der Waals surface area (Å²) in [5, 5.41) is 8.98. The number of carboxylic acid groups (broad SMARTS) is 1. The van der Waals surface area contributed by atoms with E-state index in [2.05, 4.69) is 4.98 Å². The number of aliphatic carboxylic acids is 1. The number of carbonyl (C=O) groups excluding carboxylic acids is 2. The first-order valence-electron chi connectivity index (χ1n) is 10.7. The molecular weight excluding hydrogens is 414 g/mol. The first-order chi connectivity index (χ1) is 15.5. The summed E-state index contributed by atoms with van der Waals surface area (Å²) in [6.45, 7) is 1.06. The minimum absolute atomic E-state index is 0.188. The Hall–Kier alpha value is -3.62. The molecule has 0 radical (unpaired) electrons. The molecule has 1 unspecified atom stereocenters. The van der Waals surface area contributed by atoms with Crippen LogP contribution in [-0.4, -0.2) is 58.6 Å². The summed E-state index contributed by atoms with van der Waals surface area (Å²) in [7, 11) is 0. The number of aromatic nitrogens is 1. The molecule has 1 aromatic carbocycles. The number of nitrogens with zero attached hydrogens (tertiary/aromatic N) is 3. The highest BCUT2D eigenvalue weighted by atomic mass is 16.5. The first kappa shape index (κ1) is 20.3. The number of rotatable bonds is 8. The van der Waals surface area contributed by atoms with Gasteiger partial charge in [-0.3, -0.25) is 14.4 Å². The average Bonchev–Trinajstić information content (AvgIpc) is 3.48. The van der Waals surface area contributed by atoms with Crippen LogP contribution < -0.4 is 14.4 Å². The van der Waals surface area contributed by atoms with Gasteiger partial charge >= 0.3 is 5.97 Å². The number of hydrogen-bond donors (Lipinski definition) is 1. The van der Waals surface area contributed by atoms with Crippen LogP contribution in [0.3, 0.4) is 0 Å². The molecule has 0 spiro atoms. The molecule has 1 saturated heterocycles. The number of benzene rings is 1. The SMILES string of the molecule is O=C(O)CN1Cc2ccc(N3CCC(Oc4ccc(OCC5CC5)nc4)C3=O)cc2C1=O. The van der Waals surface area contributed by atoms with E-state index < -0.39 is 12.1 Å². The minimum atomic E-state index is -1.06. The fourth-order valence-corrected chi connectivity index (χ4v) is 4.00. The molecule has 3 aliphatic rings. The van der Waals surface area contributed by atoms with E-state index in [0.29, 0.717) is 48.4 Å². The lowest BCUT2D eigenvalue weighted by atomic mass is 10.1. The number of pyridine rings is 1. The number of ether oxygens (including phenoxy) is 2. The minimum Gasteiger partial charge on any atom is -0.480 e. The highest BCUT2D eigenvalue weighted by molar-refractivity contribution is 6.03. The molecule has 9 nitrogen and oxygen atoms in total. The van der Waals surface area contributed by atoms with Gasteiger partial charge in [-0.2, -0.15) is 0 Å². The highest BCUT2D eigenvalue weighted by Gasteiger charge is 2.36. The molecular formula is C23H23N3O6. The van der Waals surface area contributed by atoms with Gasteiger partial charge in [-0.25, -0.2) is 4.98 Å². The maximum Gasteiger partial charge on any atom is 0.323 e. The van der Waals surface area contributed by atoms with Crippen LogP contribution in [0.25, 0.3) is 0 Å². The van der Waals surface area contributed by atoms with Crippen molar-refractivity contribution in [2.75, 3.05) is 24.6 Å². The van der Waals surface area contributed by atoms with E-state index in [1.54, 1.807) is 41.4 Å². The van der Waals surface area contributed by atoms with E-state index in [1.807, 2.05) is 0 Å². The van der Waals surface area contributed by atoms with Gasteiger partial charge in [-0.15, -0.1) is 0 Å².